The average Bonchev–Trinajstić information content (AvgIpc) is 2.74. The number of pyridine rings is 1. The summed E-state index contributed by atoms with van der Waals surface area (Å²) in [5, 5.41) is 14.0. The molecule has 0 spiro atoms. The van der Waals surface area contributed by atoms with Crippen LogP contribution in [0.25, 0.3) is 0 Å². The summed E-state index contributed by atoms with van der Waals surface area (Å²) >= 11 is 1.98. The molecule has 1 aromatic heterocycles. The molecule has 1 unspecified atom stereocenters. The Morgan fingerprint density at radius 1 is 1.67 bits per heavy atom. The molecule has 1 aliphatic rings. The van der Waals surface area contributed by atoms with Gasteiger partial charge >= 0.3 is 0 Å². The summed E-state index contributed by atoms with van der Waals surface area (Å²) in [7, 11) is 0. The predicted molar refractivity (Wildman–Crippen MR) is 74.2 cm³/mol. The zero-order chi connectivity index (χ0) is 13.2. The molecule has 1 saturated heterocycles. The van der Waals surface area contributed by atoms with Gasteiger partial charge in [-0.15, -0.1) is 0 Å². The quantitative estimate of drug-likeness (QED) is 0.671. The lowest BCUT2D eigenvalue weighted by Gasteiger charge is -2.23. The lowest BCUT2D eigenvalue weighted by molar-refractivity contribution is -0.385. The Morgan fingerprint density at radius 3 is 3.00 bits per heavy atom. The smallest absolute Gasteiger partial charge is 0.290 e. The second kappa shape index (κ2) is 5.14. The third-order valence-electron chi connectivity index (χ3n) is 3.22. The maximum atomic E-state index is 10.7. The van der Waals surface area contributed by atoms with Crippen molar-refractivity contribution >= 4 is 23.3 Å². The Kier molecular flexibility index (Phi) is 3.75. The van der Waals surface area contributed by atoms with Crippen LogP contribution in [0.5, 0.6) is 0 Å². The van der Waals surface area contributed by atoms with Gasteiger partial charge in [0.05, 0.1) is 4.92 Å². The van der Waals surface area contributed by atoms with E-state index < -0.39 is 4.92 Å². The molecule has 6 heteroatoms. The van der Waals surface area contributed by atoms with Crippen molar-refractivity contribution in [3.63, 3.8) is 0 Å². The number of anilines is 1. The second-order valence-electron chi connectivity index (χ2n) is 4.87. The molecule has 0 bridgehead atoms. The molecule has 1 aromatic rings. The lowest BCUT2D eigenvalue weighted by atomic mass is 10.1. The topological polar surface area (TPSA) is 68.1 Å². The van der Waals surface area contributed by atoms with Crippen LogP contribution >= 0.6 is 11.8 Å². The van der Waals surface area contributed by atoms with Crippen LogP contribution in [0.2, 0.25) is 0 Å². The number of nitrogens with one attached hydrogen (secondary N) is 1. The molecule has 2 heterocycles. The minimum absolute atomic E-state index is 0.0713. The SMILES string of the molecule is Cc1cc(NCC2(C)CCCS2)ncc1[N+](=O)[O-]. The van der Waals surface area contributed by atoms with Crippen molar-refractivity contribution in [2.45, 2.75) is 31.4 Å². The first-order chi connectivity index (χ1) is 8.50. The number of hydrogen-bond acceptors (Lipinski definition) is 5. The molecule has 0 amide bonds. The first-order valence-electron chi connectivity index (χ1n) is 5.99. The van der Waals surface area contributed by atoms with E-state index in [0.717, 1.165) is 6.54 Å². The van der Waals surface area contributed by atoms with Gasteiger partial charge in [-0.3, -0.25) is 10.1 Å². The maximum absolute atomic E-state index is 10.7. The molecule has 1 aliphatic heterocycles. The molecule has 0 aliphatic carbocycles. The van der Waals surface area contributed by atoms with Crippen molar-refractivity contribution in [1.29, 1.82) is 0 Å². The third-order valence-corrected chi connectivity index (χ3v) is 4.76. The van der Waals surface area contributed by atoms with Crippen LogP contribution in [0.4, 0.5) is 11.5 Å². The van der Waals surface area contributed by atoms with E-state index in [4.69, 9.17) is 0 Å². The predicted octanol–water partition coefficient (Wildman–Crippen LogP) is 3.00. The van der Waals surface area contributed by atoms with Gasteiger partial charge in [0.15, 0.2) is 0 Å². The van der Waals surface area contributed by atoms with Crippen LogP contribution in [-0.2, 0) is 0 Å². The fraction of sp³-hybridized carbons (Fsp3) is 0.583. The van der Waals surface area contributed by atoms with Gasteiger partial charge in [0.1, 0.15) is 12.0 Å². The van der Waals surface area contributed by atoms with Crippen LogP contribution in [-0.4, -0.2) is 27.0 Å². The normalized spacial score (nSPS) is 23.0. The van der Waals surface area contributed by atoms with Crippen molar-refractivity contribution in [2.75, 3.05) is 17.6 Å². The largest absolute Gasteiger partial charge is 0.369 e. The Bertz CT molecular complexity index is 459. The fourth-order valence-electron chi connectivity index (χ4n) is 2.09. The number of nitro groups is 1. The Morgan fingerprint density at radius 2 is 2.44 bits per heavy atom. The summed E-state index contributed by atoms with van der Waals surface area (Å²) in [6, 6.07) is 1.74. The highest BCUT2D eigenvalue weighted by atomic mass is 32.2. The molecular weight excluding hydrogens is 250 g/mol. The van der Waals surface area contributed by atoms with Crippen molar-refractivity contribution in [1.82, 2.24) is 4.98 Å². The summed E-state index contributed by atoms with van der Waals surface area (Å²) in [4.78, 5) is 14.4. The van der Waals surface area contributed by atoms with Crippen LogP contribution < -0.4 is 5.32 Å². The van der Waals surface area contributed by atoms with E-state index in [1.165, 1.54) is 24.8 Å². The maximum Gasteiger partial charge on any atom is 0.290 e. The van der Waals surface area contributed by atoms with Crippen LogP contribution in [0.15, 0.2) is 12.3 Å². The highest BCUT2D eigenvalue weighted by Crippen LogP contribution is 2.37. The number of hydrogen-bond donors (Lipinski definition) is 1. The highest BCUT2D eigenvalue weighted by molar-refractivity contribution is 8.00. The van der Waals surface area contributed by atoms with Gasteiger partial charge < -0.3 is 5.32 Å². The fourth-order valence-corrected chi connectivity index (χ4v) is 3.33. The van der Waals surface area contributed by atoms with E-state index in [0.29, 0.717) is 11.4 Å². The zero-order valence-corrected chi connectivity index (χ0v) is 11.4. The van der Waals surface area contributed by atoms with Crippen LogP contribution in [0, 0.1) is 17.0 Å². The summed E-state index contributed by atoms with van der Waals surface area (Å²) in [6.07, 6.45) is 3.79. The Labute approximate surface area is 111 Å². The molecular formula is C12H17N3O2S. The van der Waals surface area contributed by atoms with Gasteiger partial charge in [0.2, 0.25) is 0 Å². The summed E-state index contributed by atoms with van der Waals surface area (Å²) in [6.45, 7) is 4.83. The Hall–Kier alpha value is -1.30. The number of nitrogens with zero attached hydrogens (tertiary/aromatic N) is 2. The van der Waals surface area contributed by atoms with Gasteiger partial charge in [0, 0.05) is 16.9 Å². The summed E-state index contributed by atoms with van der Waals surface area (Å²) in [5.41, 5.74) is 0.712. The average molecular weight is 267 g/mol. The molecule has 2 rings (SSSR count). The summed E-state index contributed by atoms with van der Waals surface area (Å²) in [5.74, 6) is 1.93. The number of rotatable bonds is 4. The van der Waals surface area contributed by atoms with Gasteiger partial charge in [-0.25, -0.2) is 4.98 Å². The Balaban J connectivity index is 2.02. The first kappa shape index (κ1) is 13.1. The van der Waals surface area contributed by atoms with Gasteiger partial charge in [-0.05, 0) is 38.5 Å². The van der Waals surface area contributed by atoms with E-state index in [2.05, 4.69) is 17.2 Å². The number of aryl methyl sites for hydroxylation is 1. The molecule has 1 atom stereocenters. The van der Waals surface area contributed by atoms with E-state index >= 15 is 0 Å². The van der Waals surface area contributed by atoms with E-state index in [1.54, 1.807) is 13.0 Å². The molecule has 1 fully saturated rings. The van der Waals surface area contributed by atoms with Gasteiger partial charge in [-0.1, -0.05) is 0 Å². The molecule has 0 saturated carbocycles. The van der Waals surface area contributed by atoms with Crippen molar-refractivity contribution in [2.24, 2.45) is 0 Å². The minimum Gasteiger partial charge on any atom is -0.369 e. The van der Waals surface area contributed by atoms with E-state index in [9.17, 15) is 10.1 Å². The van der Waals surface area contributed by atoms with Crippen LogP contribution in [0.3, 0.4) is 0 Å². The second-order valence-corrected chi connectivity index (χ2v) is 6.55. The first-order valence-corrected chi connectivity index (χ1v) is 6.98. The molecule has 1 N–H and O–H groups in total. The van der Waals surface area contributed by atoms with Crippen molar-refractivity contribution < 1.29 is 4.92 Å². The zero-order valence-electron chi connectivity index (χ0n) is 10.6. The van der Waals surface area contributed by atoms with Crippen molar-refractivity contribution in [3.8, 4) is 0 Å². The highest BCUT2D eigenvalue weighted by Gasteiger charge is 2.29. The molecule has 0 radical (unpaired) electrons. The lowest BCUT2D eigenvalue weighted by Crippen LogP contribution is -2.27. The van der Waals surface area contributed by atoms with E-state index in [-0.39, 0.29) is 10.4 Å². The molecule has 98 valence electrons. The molecule has 18 heavy (non-hydrogen) atoms. The standard InChI is InChI=1S/C12H17N3O2S/c1-9-6-11(13-7-10(9)15(16)17)14-8-12(2)4-3-5-18-12/h6-7H,3-5,8H2,1-2H3,(H,13,14). The van der Waals surface area contributed by atoms with Gasteiger partial charge in [-0.2, -0.15) is 11.8 Å². The van der Waals surface area contributed by atoms with Crippen LogP contribution in [0.1, 0.15) is 25.3 Å². The minimum atomic E-state index is -0.403. The summed E-state index contributed by atoms with van der Waals surface area (Å²) < 4.78 is 0.261. The van der Waals surface area contributed by atoms with Crippen molar-refractivity contribution in [3.05, 3.63) is 27.9 Å². The third kappa shape index (κ3) is 2.93. The molecule has 0 aromatic carbocycles. The monoisotopic (exact) mass is 267 g/mol. The molecule has 5 nitrogen and oxygen atoms in total. The van der Waals surface area contributed by atoms with E-state index in [1.807, 2.05) is 11.8 Å². The number of thioether (sulfide) groups is 1. The number of aromatic nitrogens is 1. The van der Waals surface area contributed by atoms with Gasteiger partial charge in [0.25, 0.3) is 5.69 Å².